The van der Waals surface area contributed by atoms with Crippen LogP contribution in [0.4, 0.5) is 16.2 Å². The molecule has 0 spiro atoms. The van der Waals surface area contributed by atoms with Crippen molar-refractivity contribution in [3.8, 4) is 0 Å². The number of hydrogen-bond acceptors (Lipinski definition) is 4. The molecule has 1 fully saturated rings. The summed E-state index contributed by atoms with van der Waals surface area (Å²) >= 11 is 0. The maximum absolute atomic E-state index is 12.6. The van der Waals surface area contributed by atoms with Gasteiger partial charge in [0.25, 0.3) is 0 Å². The Morgan fingerprint density at radius 2 is 1.61 bits per heavy atom. The van der Waals surface area contributed by atoms with Gasteiger partial charge < -0.3 is 19.9 Å². The second-order valence-corrected chi connectivity index (χ2v) is 7.19. The molecule has 1 saturated heterocycles. The molecule has 0 atom stereocenters. The third kappa shape index (κ3) is 4.44. The summed E-state index contributed by atoms with van der Waals surface area (Å²) in [5.74, 6) is 0.117. The fraction of sp³-hybridized carbons (Fsp3) is 0.364. The highest BCUT2D eigenvalue weighted by molar-refractivity contribution is 5.96. The maximum atomic E-state index is 12.6. The van der Waals surface area contributed by atoms with Gasteiger partial charge in [-0.25, -0.2) is 9.59 Å². The molecule has 6 heteroatoms. The zero-order valence-corrected chi connectivity index (χ0v) is 16.6. The number of rotatable bonds is 4. The predicted molar refractivity (Wildman–Crippen MR) is 111 cm³/mol. The molecule has 0 bridgehead atoms. The number of anilines is 2. The highest BCUT2D eigenvalue weighted by Crippen LogP contribution is 2.23. The Kier molecular flexibility index (Phi) is 6.19. The fourth-order valence-electron chi connectivity index (χ4n) is 3.34. The smallest absolute Gasteiger partial charge is 0.339 e. The molecule has 1 aliphatic heterocycles. The first-order chi connectivity index (χ1) is 13.5. The van der Waals surface area contributed by atoms with E-state index in [1.807, 2.05) is 42.5 Å². The monoisotopic (exact) mass is 381 g/mol. The summed E-state index contributed by atoms with van der Waals surface area (Å²) in [5, 5.41) is 2.97. The first-order valence-corrected chi connectivity index (χ1v) is 9.57. The molecule has 0 saturated carbocycles. The molecule has 2 amide bonds. The van der Waals surface area contributed by atoms with Gasteiger partial charge in [-0.05, 0) is 35.7 Å². The first-order valence-electron chi connectivity index (χ1n) is 9.57. The molecule has 0 unspecified atom stereocenters. The zero-order chi connectivity index (χ0) is 20.1. The molecule has 1 aliphatic rings. The van der Waals surface area contributed by atoms with E-state index in [4.69, 9.17) is 4.74 Å². The van der Waals surface area contributed by atoms with Crippen molar-refractivity contribution in [1.82, 2.24) is 4.90 Å². The molecule has 0 aliphatic carbocycles. The van der Waals surface area contributed by atoms with Crippen LogP contribution in [0.5, 0.6) is 0 Å². The molecule has 1 heterocycles. The second-order valence-electron chi connectivity index (χ2n) is 7.19. The Morgan fingerprint density at radius 3 is 2.21 bits per heavy atom. The lowest BCUT2D eigenvalue weighted by Gasteiger charge is -2.36. The maximum Gasteiger partial charge on any atom is 0.339 e. The minimum absolute atomic E-state index is 0.0989. The normalized spacial score (nSPS) is 14.1. The van der Waals surface area contributed by atoms with Crippen molar-refractivity contribution < 1.29 is 14.3 Å². The van der Waals surface area contributed by atoms with Crippen LogP contribution in [0.25, 0.3) is 0 Å². The lowest BCUT2D eigenvalue weighted by atomic mass is 10.0. The number of nitrogens with one attached hydrogen (secondary N) is 1. The van der Waals surface area contributed by atoms with Gasteiger partial charge in [0, 0.05) is 31.9 Å². The van der Waals surface area contributed by atoms with E-state index in [9.17, 15) is 9.59 Å². The van der Waals surface area contributed by atoms with E-state index >= 15 is 0 Å². The Bertz CT molecular complexity index is 825. The van der Waals surface area contributed by atoms with E-state index < -0.39 is 0 Å². The molecule has 3 rings (SSSR count). The number of esters is 1. The van der Waals surface area contributed by atoms with E-state index in [1.165, 1.54) is 12.7 Å². The fourth-order valence-corrected chi connectivity index (χ4v) is 3.34. The first kappa shape index (κ1) is 19.7. The number of nitrogens with zero attached hydrogens (tertiary/aromatic N) is 2. The van der Waals surface area contributed by atoms with Crippen molar-refractivity contribution in [2.75, 3.05) is 43.5 Å². The highest BCUT2D eigenvalue weighted by atomic mass is 16.5. The molecule has 148 valence electrons. The van der Waals surface area contributed by atoms with Crippen LogP contribution in [-0.2, 0) is 4.74 Å². The quantitative estimate of drug-likeness (QED) is 0.815. The van der Waals surface area contributed by atoms with Gasteiger partial charge in [0.1, 0.15) is 0 Å². The average molecular weight is 381 g/mol. The van der Waals surface area contributed by atoms with E-state index in [0.29, 0.717) is 37.7 Å². The minimum Gasteiger partial charge on any atom is -0.465 e. The number of urea groups is 1. The summed E-state index contributed by atoms with van der Waals surface area (Å²) in [6.07, 6.45) is 0. The SMILES string of the molecule is COC(=O)c1ccccc1N1CCN(C(=O)Nc2ccc(C(C)C)cc2)CC1. The van der Waals surface area contributed by atoms with Gasteiger partial charge in [-0.15, -0.1) is 0 Å². The zero-order valence-electron chi connectivity index (χ0n) is 16.6. The van der Waals surface area contributed by atoms with E-state index in [2.05, 4.69) is 24.1 Å². The molecule has 28 heavy (non-hydrogen) atoms. The van der Waals surface area contributed by atoms with Crippen LogP contribution in [0.15, 0.2) is 48.5 Å². The molecular formula is C22H27N3O3. The lowest BCUT2D eigenvalue weighted by Crippen LogP contribution is -2.50. The second kappa shape index (κ2) is 8.78. The summed E-state index contributed by atoms with van der Waals surface area (Å²) in [6, 6.07) is 15.3. The molecule has 0 radical (unpaired) electrons. The van der Waals surface area contributed by atoms with Crippen LogP contribution >= 0.6 is 0 Å². The van der Waals surface area contributed by atoms with Crippen molar-refractivity contribution >= 4 is 23.4 Å². The number of ether oxygens (including phenoxy) is 1. The van der Waals surface area contributed by atoms with Crippen LogP contribution in [0.3, 0.4) is 0 Å². The molecule has 2 aromatic carbocycles. The Hall–Kier alpha value is -3.02. The number of amides is 2. The van der Waals surface area contributed by atoms with E-state index in [0.717, 1.165) is 11.4 Å². The largest absolute Gasteiger partial charge is 0.465 e. The van der Waals surface area contributed by atoms with Crippen molar-refractivity contribution in [1.29, 1.82) is 0 Å². The van der Waals surface area contributed by atoms with Crippen molar-refractivity contribution in [2.24, 2.45) is 0 Å². The number of hydrogen-bond donors (Lipinski definition) is 1. The standard InChI is InChI=1S/C22H27N3O3/c1-16(2)17-8-10-18(11-9-17)23-22(27)25-14-12-24(13-15-25)20-7-5-4-6-19(20)21(26)28-3/h4-11,16H,12-15H2,1-3H3,(H,23,27). The van der Waals surface area contributed by atoms with Gasteiger partial charge in [-0.3, -0.25) is 0 Å². The predicted octanol–water partition coefficient (Wildman–Crippen LogP) is 3.95. The van der Waals surface area contributed by atoms with Crippen LogP contribution in [0.2, 0.25) is 0 Å². The number of piperazine rings is 1. The van der Waals surface area contributed by atoms with Crippen LogP contribution < -0.4 is 10.2 Å². The molecule has 0 aromatic heterocycles. The Morgan fingerprint density at radius 1 is 0.964 bits per heavy atom. The van der Waals surface area contributed by atoms with Gasteiger partial charge >= 0.3 is 12.0 Å². The van der Waals surface area contributed by atoms with Gasteiger partial charge in [-0.1, -0.05) is 38.1 Å². The van der Waals surface area contributed by atoms with Crippen molar-refractivity contribution in [2.45, 2.75) is 19.8 Å². The van der Waals surface area contributed by atoms with Crippen LogP contribution in [0.1, 0.15) is 35.7 Å². The summed E-state index contributed by atoms with van der Waals surface area (Å²) in [5.41, 5.74) is 3.44. The highest BCUT2D eigenvalue weighted by Gasteiger charge is 2.24. The third-order valence-corrected chi connectivity index (χ3v) is 5.05. The minimum atomic E-state index is -0.347. The van der Waals surface area contributed by atoms with Crippen molar-refractivity contribution in [3.05, 3.63) is 59.7 Å². The van der Waals surface area contributed by atoms with Gasteiger partial charge in [0.2, 0.25) is 0 Å². The molecule has 6 nitrogen and oxygen atoms in total. The van der Waals surface area contributed by atoms with E-state index in [-0.39, 0.29) is 12.0 Å². The third-order valence-electron chi connectivity index (χ3n) is 5.05. The summed E-state index contributed by atoms with van der Waals surface area (Å²) < 4.78 is 4.88. The molecule has 1 N–H and O–H groups in total. The Balaban J connectivity index is 1.59. The number of para-hydroxylation sites is 1. The molecule has 2 aromatic rings. The number of carbonyl (C=O) groups excluding carboxylic acids is 2. The van der Waals surface area contributed by atoms with Crippen LogP contribution in [0, 0.1) is 0 Å². The summed E-state index contributed by atoms with van der Waals surface area (Å²) in [6.45, 7) is 6.79. The number of carbonyl (C=O) groups is 2. The van der Waals surface area contributed by atoms with Crippen molar-refractivity contribution in [3.63, 3.8) is 0 Å². The average Bonchev–Trinajstić information content (AvgIpc) is 2.73. The van der Waals surface area contributed by atoms with Gasteiger partial charge in [-0.2, -0.15) is 0 Å². The summed E-state index contributed by atoms with van der Waals surface area (Å²) in [4.78, 5) is 28.5. The topological polar surface area (TPSA) is 61.9 Å². The van der Waals surface area contributed by atoms with Gasteiger partial charge in [0.15, 0.2) is 0 Å². The number of benzene rings is 2. The van der Waals surface area contributed by atoms with Crippen LogP contribution in [-0.4, -0.2) is 50.2 Å². The summed E-state index contributed by atoms with van der Waals surface area (Å²) in [7, 11) is 1.38. The Labute approximate surface area is 166 Å². The van der Waals surface area contributed by atoms with E-state index in [1.54, 1.807) is 11.0 Å². The molecular weight excluding hydrogens is 354 g/mol. The van der Waals surface area contributed by atoms with Gasteiger partial charge in [0.05, 0.1) is 18.4 Å². The lowest BCUT2D eigenvalue weighted by molar-refractivity contribution is 0.0601. The number of methoxy groups -OCH3 is 1.